The first kappa shape index (κ1) is 19.1. The molecule has 2 aromatic rings. The molecule has 28 heavy (non-hydrogen) atoms. The molecule has 0 bridgehead atoms. The maximum absolute atomic E-state index is 13.9. The van der Waals surface area contributed by atoms with E-state index in [-0.39, 0.29) is 18.5 Å². The lowest BCUT2D eigenvalue weighted by molar-refractivity contribution is -0.132. The molecule has 1 amide bonds. The molecule has 4 rings (SSSR count). The molecule has 2 N–H and O–H groups in total. The van der Waals surface area contributed by atoms with Crippen LogP contribution in [0.25, 0.3) is 11.0 Å². The lowest BCUT2D eigenvalue weighted by Gasteiger charge is -2.34. The summed E-state index contributed by atoms with van der Waals surface area (Å²) in [5.74, 6) is 0.0155. The van der Waals surface area contributed by atoms with Gasteiger partial charge in [-0.1, -0.05) is 0 Å². The van der Waals surface area contributed by atoms with Crippen molar-refractivity contribution in [2.45, 2.75) is 37.6 Å². The van der Waals surface area contributed by atoms with Gasteiger partial charge in [0.15, 0.2) is 0 Å². The summed E-state index contributed by atoms with van der Waals surface area (Å²) in [6, 6.07) is 3.73. The van der Waals surface area contributed by atoms with Crippen LogP contribution in [0.5, 0.6) is 0 Å². The highest BCUT2D eigenvalue weighted by molar-refractivity contribution is 5.83. The number of amides is 1. The largest absolute Gasteiger partial charge is 0.379 e. The summed E-state index contributed by atoms with van der Waals surface area (Å²) in [7, 11) is 1.76. The lowest BCUT2D eigenvalue weighted by atomic mass is 10.1. The number of rotatable bonds is 4. The highest BCUT2D eigenvalue weighted by atomic mass is 19.1. The van der Waals surface area contributed by atoms with Crippen molar-refractivity contribution in [3.8, 4) is 0 Å². The average Bonchev–Trinajstić information content (AvgIpc) is 3.32. The predicted octanol–water partition coefficient (Wildman–Crippen LogP) is 1.30. The van der Waals surface area contributed by atoms with Crippen molar-refractivity contribution in [2.75, 3.05) is 38.3 Å². The molecule has 3 atom stereocenters. The van der Waals surface area contributed by atoms with Gasteiger partial charge in [0.25, 0.3) is 0 Å². The van der Waals surface area contributed by atoms with Crippen LogP contribution in [0.4, 0.5) is 14.7 Å². The summed E-state index contributed by atoms with van der Waals surface area (Å²) in [5.41, 5.74) is 7.03. The molecule has 2 aliphatic rings. The van der Waals surface area contributed by atoms with Gasteiger partial charge in [-0.3, -0.25) is 4.79 Å². The van der Waals surface area contributed by atoms with Crippen LogP contribution < -0.4 is 10.6 Å². The van der Waals surface area contributed by atoms with E-state index >= 15 is 0 Å². The number of hydrogen-bond donors (Lipinski definition) is 1. The maximum atomic E-state index is 13.9. The van der Waals surface area contributed by atoms with E-state index in [4.69, 9.17) is 10.5 Å². The average molecular weight is 393 g/mol. The molecule has 3 heterocycles. The number of aromatic nitrogens is 2. The molecule has 9 heteroatoms. The Morgan fingerprint density at radius 2 is 2.25 bits per heavy atom. The van der Waals surface area contributed by atoms with E-state index in [0.29, 0.717) is 49.7 Å². The lowest BCUT2D eigenvalue weighted by Crippen LogP contribution is -2.50. The number of nitrogens with two attached hydrogens (primary N) is 1. The zero-order chi connectivity index (χ0) is 19.8. The van der Waals surface area contributed by atoms with Crippen LogP contribution in [0, 0.1) is 5.82 Å². The molecule has 1 aromatic heterocycles. The van der Waals surface area contributed by atoms with Crippen molar-refractivity contribution in [1.82, 2.24) is 14.5 Å². The number of carbonyl (C=O) groups excluding carboxylic acids is 1. The molecular weight excluding hydrogens is 368 g/mol. The van der Waals surface area contributed by atoms with Crippen LogP contribution in [0.3, 0.4) is 0 Å². The Labute approximate surface area is 162 Å². The number of benzene rings is 1. The standard InChI is InChI=1S/C19H25F2N5O2/c1-24(13-5-7-28-11-13)18(27)10-26-17-8-12(20)2-3-16(17)23-19(26)25-6-4-14(21)15(22)9-25/h2-3,8,13-15H,4-7,9-11,22H2,1H3/t13?,14-,15-/m1/s1. The first-order valence-electron chi connectivity index (χ1n) is 9.58. The van der Waals surface area contributed by atoms with Crippen LogP contribution in [-0.4, -0.2) is 72.0 Å². The third-order valence-corrected chi connectivity index (χ3v) is 5.68. The Bertz CT molecular complexity index is 867. The number of fused-ring (bicyclic) bond motifs is 1. The molecule has 1 aromatic carbocycles. The van der Waals surface area contributed by atoms with E-state index in [0.717, 1.165) is 6.42 Å². The van der Waals surface area contributed by atoms with Crippen LogP contribution in [0.2, 0.25) is 0 Å². The van der Waals surface area contributed by atoms with Gasteiger partial charge >= 0.3 is 0 Å². The minimum absolute atomic E-state index is 0.0209. The topological polar surface area (TPSA) is 76.6 Å². The van der Waals surface area contributed by atoms with E-state index in [2.05, 4.69) is 4.98 Å². The zero-order valence-electron chi connectivity index (χ0n) is 15.9. The minimum atomic E-state index is -1.05. The first-order chi connectivity index (χ1) is 13.4. The van der Waals surface area contributed by atoms with Gasteiger partial charge in [-0.2, -0.15) is 0 Å². The number of imidazole rings is 1. The van der Waals surface area contributed by atoms with Gasteiger partial charge in [0, 0.05) is 26.7 Å². The third kappa shape index (κ3) is 3.56. The van der Waals surface area contributed by atoms with E-state index < -0.39 is 18.0 Å². The second-order valence-electron chi connectivity index (χ2n) is 7.57. The summed E-state index contributed by atoms with van der Waals surface area (Å²) >= 11 is 0. The first-order valence-corrected chi connectivity index (χ1v) is 9.58. The fourth-order valence-corrected chi connectivity index (χ4v) is 3.89. The number of ether oxygens (including phenoxy) is 1. The SMILES string of the molecule is CN(C(=O)Cn1c(N2CC[C@@H](F)[C@H](N)C2)nc2ccc(F)cc21)C1CCOC1. The fourth-order valence-electron chi connectivity index (χ4n) is 3.89. The molecule has 2 fully saturated rings. The van der Waals surface area contributed by atoms with Crippen LogP contribution >= 0.6 is 0 Å². The number of piperidine rings is 1. The van der Waals surface area contributed by atoms with Gasteiger partial charge in [0.05, 0.1) is 29.7 Å². The molecule has 7 nitrogen and oxygen atoms in total. The second kappa shape index (κ2) is 7.63. The van der Waals surface area contributed by atoms with Gasteiger partial charge < -0.3 is 24.8 Å². The molecule has 0 aliphatic carbocycles. The highest BCUT2D eigenvalue weighted by Gasteiger charge is 2.31. The number of hydrogen-bond acceptors (Lipinski definition) is 5. The summed E-state index contributed by atoms with van der Waals surface area (Å²) in [6.45, 7) is 1.93. The van der Waals surface area contributed by atoms with Crippen molar-refractivity contribution in [3.05, 3.63) is 24.0 Å². The molecule has 152 valence electrons. The summed E-state index contributed by atoms with van der Waals surface area (Å²) in [5, 5.41) is 0. The highest BCUT2D eigenvalue weighted by Crippen LogP contribution is 2.27. The van der Waals surface area contributed by atoms with E-state index in [1.54, 1.807) is 22.6 Å². The van der Waals surface area contributed by atoms with Gasteiger partial charge in [-0.25, -0.2) is 13.8 Å². The van der Waals surface area contributed by atoms with Crippen LogP contribution in [0.1, 0.15) is 12.8 Å². The van der Waals surface area contributed by atoms with Crippen molar-refractivity contribution in [3.63, 3.8) is 0 Å². The number of halogens is 2. The van der Waals surface area contributed by atoms with E-state index in [1.165, 1.54) is 12.1 Å². The molecule has 0 saturated carbocycles. The predicted molar refractivity (Wildman–Crippen MR) is 101 cm³/mol. The van der Waals surface area contributed by atoms with E-state index in [9.17, 15) is 13.6 Å². The van der Waals surface area contributed by atoms with Crippen molar-refractivity contribution >= 4 is 22.9 Å². The van der Waals surface area contributed by atoms with Gasteiger partial charge in [0.1, 0.15) is 18.5 Å². The number of alkyl halides is 1. The summed E-state index contributed by atoms with van der Waals surface area (Å²) in [6.07, 6.45) is 0.0425. The Kier molecular flexibility index (Phi) is 5.20. The molecule has 1 unspecified atom stereocenters. The summed E-state index contributed by atoms with van der Waals surface area (Å²) < 4.78 is 34.8. The van der Waals surface area contributed by atoms with Crippen LogP contribution in [0.15, 0.2) is 18.2 Å². The molecule has 0 radical (unpaired) electrons. The Morgan fingerprint density at radius 1 is 1.43 bits per heavy atom. The van der Waals surface area contributed by atoms with Crippen molar-refractivity contribution in [2.24, 2.45) is 5.73 Å². The third-order valence-electron chi connectivity index (χ3n) is 5.68. The Hall–Kier alpha value is -2.26. The molecule has 2 saturated heterocycles. The van der Waals surface area contributed by atoms with Crippen LogP contribution in [-0.2, 0) is 16.1 Å². The van der Waals surface area contributed by atoms with Gasteiger partial charge in [0.2, 0.25) is 11.9 Å². The normalized spacial score (nSPS) is 25.4. The number of anilines is 1. The van der Waals surface area contributed by atoms with Crippen molar-refractivity contribution in [1.29, 1.82) is 0 Å². The maximum Gasteiger partial charge on any atom is 0.242 e. The number of likely N-dealkylation sites (N-methyl/N-ethyl adjacent to an activating group) is 1. The minimum Gasteiger partial charge on any atom is -0.379 e. The monoisotopic (exact) mass is 393 g/mol. The van der Waals surface area contributed by atoms with Gasteiger partial charge in [-0.15, -0.1) is 0 Å². The Morgan fingerprint density at radius 3 is 2.96 bits per heavy atom. The second-order valence-corrected chi connectivity index (χ2v) is 7.57. The van der Waals surface area contributed by atoms with Crippen molar-refractivity contribution < 1.29 is 18.3 Å². The quantitative estimate of drug-likeness (QED) is 0.847. The molecule has 2 aliphatic heterocycles. The Balaban J connectivity index is 1.66. The number of nitrogens with zero attached hydrogens (tertiary/aromatic N) is 4. The van der Waals surface area contributed by atoms with E-state index in [1.807, 2.05) is 4.90 Å². The molecular formula is C19H25F2N5O2. The number of carbonyl (C=O) groups is 1. The smallest absolute Gasteiger partial charge is 0.242 e. The molecule has 0 spiro atoms. The summed E-state index contributed by atoms with van der Waals surface area (Å²) in [4.78, 5) is 21.1. The fraction of sp³-hybridized carbons (Fsp3) is 0.579. The van der Waals surface area contributed by atoms with Gasteiger partial charge in [-0.05, 0) is 31.0 Å². The zero-order valence-corrected chi connectivity index (χ0v) is 15.9.